The average Bonchev–Trinajstić information content (AvgIpc) is 2.87. The minimum absolute atomic E-state index is 0.127. The van der Waals surface area contributed by atoms with Crippen molar-refractivity contribution in [1.82, 2.24) is 5.43 Å². The Morgan fingerprint density at radius 2 is 1.32 bits per heavy atom. The van der Waals surface area contributed by atoms with Crippen LogP contribution in [0.15, 0.2) is 102 Å². The Kier molecular flexibility index (Phi) is 7.79. The normalized spacial score (nSPS) is 11.0. The molecule has 0 radical (unpaired) electrons. The van der Waals surface area contributed by atoms with E-state index in [0.29, 0.717) is 23.5 Å². The average molecular weight is 517 g/mol. The van der Waals surface area contributed by atoms with Crippen molar-refractivity contribution in [2.75, 3.05) is 4.41 Å². The van der Waals surface area contributed by atoms with Crippen molar-refractivity contribution in [3.05, 3.63) is 119 Å². The highest BCUT2D eigenvalue weighted by molar-refractivity contribution is 7.92. The SMILES string of the molecule is Cc1cc(C)c(S(=O)(=O)N(NC(=O)Oc2ccc(OCc3ccccc3)cc2)c2ccccc2)c(C)c1. The maximum absolute atomic E-state index is 13.7. The van der Waals surface area contributed by atoms with Crippen LogP contribution >= 0.6 is 0 Å². The molecule has 190 valence electrons. The van der Waals surface area contributed by atoms with Crippen molar-refractivity contribution < 1.29 is 22.7 Å². The number of nitrogens with one attached hydrogen (secondary N) is 1. The van der Waals surface area contributed by atoms with E-state index in [9.17, 15) is 13.2 Å². The number of anilines is 1. The van der Waals surface area contributed by atoms with Crippen molar-refractivity contribution in [2.45, 2.75) is 32.3 Å². The fourth-order valence-electron chi connectivity index (χ4n) is 4.05. The lowest BCUT2D eigenvalue weighted by molar-refractivity contribution is 0.201. The van der Waals surface area contributed by atoms with Crippen molar-refractivity contribution >= 4 is 21.8 Å². The van der Waals surface area contributed by atoms with Crippen LogP contribution < -0.4 is 19.3 Å². The first-order chi connectivity index (χ1) is 17.7. The van der Waals surface area contributed by atoms with Gasteiger partial charge in [0.1, 0.15) is 18.1 Å². The van der Waals surface area contributed by atoms with Gasteiger partial charge in [-0.3, -0.25) is 0 Å². The number of carbonyl (C=O) groups excluding carboxylic acids is 1. The summed E-state index contributed by atoms with van der Waals surface area (Å²) in [5.74, 6) is 0.841. The molecule has 1 amide bonds. The Balaban J connectivity index is 1.51. The van der Waals surface area contributed by atoms with Crippen LogP contribution in [0, 0.1) is 20.8 Å². The molecule has 0 saturated carbocycles. The van der Waals surface area contributed by atoms with E-state index in [0.717, 1.165) is 15.5 Å². The number of hydrogen-bond acceptors (Lipinski definition) is 5. The van der Waals surface area contributed by atoms with E-state index in [1.165, 1.54) is 0 Å². The van der Waals surface area contributed by atoms with Gasteiger partial charge in [0, 0.05) is 0 Å². The minimum atomic E-state index is -4.16. The second-order valence-corrected chi connectivity index (χ2v) is 10.3. The van der Waals surface area contributed by atoms with Gasteiger partial charge in [-0.2, -0.15) is 12.8 Å². The zero-order chi connectivity index (χ0) is 26.4. The number of para-hydroxylation sites is 1. The Bertz CT molecular complexity index is 1450. The van der Waals surface area contributed by atoms with Crippen LogP contribution in [0.2, 0.25) is 0 Å². The first-order valence-corrected chi connectivity index (χ1v) is 13.1. The molecule has 0 aromatic heterocycles. The van der Waals surface area contributed by atoms with Crippen LogP contribution in [0.1, 0.15) is 22.3 Å². The second-order valence-electron chi connectivity index (χ2n) is 8.58. The number of carbonyl (C=O) groups is 1. The number of nitrogens with zero attached hydrogens (tertiary/aromatic N) is 1. The molecule has 4 rings (SSSR count). The zero-order valence-electron chi connectivity index (χ0n) is 20.8. The Morgan fingerprint density at radius 3 is 1.92 bits per heavy atom. The highest BCUT2D eigenvalue weighted by Crippen LogP contribution is 2.28. The summed E-state index contributed by atoms with van der Waals surface area (Å²) in [7, 11) is -4.16. The van der Waals surface area contributed by atoms with Gasteiger partial charge in [0.2, 0.25) is 0 Å². The summed E-state index contributed by atoms with van der Waals surface area (Å²) in [5, 5.41) is 0. The first kappa shape index (κ1) is 25.8. The number of amides is 1. The molecule has 0 atom stereocenters. The predicted molar refractivity (Wildman–Crippen MR) is 143 cm³/mol. The Morgan fingerprint density at radius 1 is 0.784 bits per heavy atom. The quantitative estimate of drug-likeness (QED) is 0.287. The molecule has 0 bridgehead atoms. The van der Waals surface area contributed by atoms with E-state index in [1.807, 2.05) is 37.3 Å². The molecule has 0 fully saturated rings. The number of aryl methyl sites for hydroxylation is 3. The minimum Gasteiger partial charge on any atom is -0.489 e. The molecule has 8 heteroatoms. The standard InChI is InChI=1S/C29H28N2O5S/c1-21-18-22(2)28(23(3)19-21)37(33,34)31(25-12-8-5-9-13-25)30-29(32)36-27-16-14-26(15-17-27)35-20-24-10-6-4-7-11-24/h4-19H,20H2,1-3H3,(H,30,32). The summed E-state index contributed by atoms with van der Waals surface area (Å²) in [6.45, 7) is 5.77. The Hall–Kier alpha value is -4.30. The largest absolute Gasteiger partial charge is 0.489 e. The van der Waals surface area contributed by atoms with Crippen molar-refractivity contribution in [2.24, 2.45) is 0 Å². The number of benzene rings is 4. The molecule has 1 N–H and O–H groups in total. The van der Waals surface area contributed by atoms with Gasteiger partial charge in [0.05, 0.1) is 10.6 Å². The van der Waals surface area contributed by atoms with Crippen LogP contribution in [0.3, 0.4) is 0 Å². The third-order valence-electron chi connectivity index (χ3n) is 5.57. The van der Waals surface area contributed by atoms with Gasteiger partial charge in [0.25, 0.3) is 10.0 Å². The lowest BCUT2D eigenvalue weighted by Gasteiger charge is -2.26. The van der Waals surface area contributed by atoms with Crippen molar-refractivity contribution in [3.8, 4) is 11.5 Å². The Labute approximate surface area is 217 Å². The van der Waals surface area contributed by atoms with Crippen LogP contribution in [0.5, 0.6) is 11.5 Å². The highest BCUT2D eigenvalue weighted by atomic mass is 32.2. The fourth-order valence-corrected chi connectivity index (χ4v) is 5.76. The number of hydrogen-bond donors (Lipinski definition) is 1. The van der Waals surface area contributed by atoms with Gasteiger partial charge >= 0.3 is 6.09 Å². The van der Waals surface area contributed by atoms with Crippen LogP contribution in [0.25, 0.3) is 0 Å². The van der Waals surface area contributed by atoms with Gasteiger partial charge in [0.15, 0.2) is 0 Å². The van der Waals surface area contributed by atoms with Gasteiger partial charge in [-0.15, -0.1) is 0 Å². The molecule has 4 aromatic rings. The highest BCUT2D eigenvalue weighted by Gasteiger charge is 2.30. The zero-order valence-corrected chi connectivity index (χ0v) is 21.7. The predicted octanol–water partition coefficient (Wildman–Crippen LogP) is 6.09. The fraction of sp³-hybridized carbons (Fsp3) is 0.138. The third-order valence-corrected chi connectivity index (χ3v) is 7.51. The summed E-state index contributed by atoms with van der Waals surface area (Å²) in [4.78, 5) is 13.0. The number of hydrazine groups is 1. The van der Waals surface area contributed by atoms with Gasteiger partial charge in [-0.05, 0) is 73.9 Å². The van der Waals surface area contributed by atoms with E-state index in [1.54, 1.807) is 80.6 Å². The summed E-state index contributed by atoms with van der Waals surface area (Å²) < 4.78 is 39.5. The van der Waals surface area contributed by atoms with Gasteiger partial charge in [-0.1, -0.05) is 66.2 Å². The topological polar surface area (TPSA) is 84.9 Å². The molecule has 37 heavy (non-hydrogen) atoms. The molecule has 0 aliphatic carbocycles. The van der Waals surface area contributed by atoms with E-state index in [4.69, 9.17) is 9.47 Å². The number of ether oxygens (including phenoxy) is 2. The van der Waals surface area contributed by atoms with E-state index < -0.39 is 16.1 Å². The summed E-state index contributed by atoms with van der Waals surface area (Å²) in [6, 6.07) is 28.2. The van der Waals surface area contributed by atoms with Gasteiger partial charge < -0.3 is 9.47 Å². The molecule has 0 aliphatic heterocycles. The van der Waals surface area contributed by atoms with Crippen LogP contribution in [-0.2, 0) is 16.6 Å². The van der Waals surface area contributed by atoms with Crippen molar-refractivity contribution in [3.63, 3.8) is 0 Å². The first-order valence-electron chi connectivity index (χ1n) is 11.7. The van der Waals surface area contributed by atoms with E-state index >= 15 is 0 Å². The molecule has 7 nitrogen and oxygen atoms in total. The number of rotatable bonds is 8. The van der Waals surface area contributed by atoms with Gasteiger partial charge in [-0.25, -0.2) is 10.2 Å². The maximum Gasteiger partial charge on any atom is 0.432 e. The van der Waals surface area contributed by atoms with E-state index in [2.05, 4.69) is 5.43 Å². The molecule has 0 saturated heterocycles. The summed E-state index contributed by atoms with van der Waals surface area (Å²) in [6.07, 6.45) is -0.951. The molecule has 0 heterocycles. The molecule has 0 aliphatic rings. The molecule has 0 unspecified atom stereocenters. The van der Waals surface area contributed by atoms with Crippen LogP contribution in [0.4, 0.5) is 10.5 Å². The second kappa shape index (κ2) is 11.2. The van der Waals surface area contributed by atoms with Crippen molar-refractivity contribution in [1.29, 1.82) is 0 Å². The monoisotopic (exact) mass is 516 g/mol. The van der Waals surface area contributed by atoms with E-state index in [-0.39, 0.29) is 16.3 Å². The lowest BCUT2D eigenvalue weighted by Crippen LogP contribution is -2.48. The molecule has 4 aromatic carbocycles. The molecular formula is C29H28N2O5S. The third kappa shape index (κ3) is 6.29. The number of sulfonamides is 1. The molecular weight excluding hydrogens is 488 g/mol. The maximum atomic E-state index is 13.7. The van der Waals surface area contributed by atoms with Crippen LogP contribution in [-0.4, -0.2) is 14.5 Å². The smallest absolute Gasteiger partial charge is 0.432 e. The summed E-state index contributed by atoms with van der Waals surface area (Å²) in [5.41, 5.74) is 5.82. The molecule has 0 spiro atoms. The lowest BCUT2D eigenvalue weighted by atomic mass is 10.1. The summed E-state index contributed by atoms with van der Waals surface area (Å²) >= 11 is 0.